The number of aliphatic hydroxyl groups is 1. The van der Waals surface area contributed by atoms with Crippen LogP contribution in [0, 0.1) is 0 Å². The number of halogens is 2. The van der Waals surface area contributed by atoms with Crippen LogP contribution >= 0.6 is 23.2 Å². The van der Waals surface area contributed by atoms with Gasteiger partial charge < -0.3 is 25.0 Å². The summed E-state index contributed by atoms with van der Waals surface area (Å²) in [7, 11) is 0. The van der Waals surface area contributed by atoms with Gasteiger partial charge in [-0.1, -0.05) is 36.2 Å². The Morgan fingerprint density at radius 2 is 2.07 bits per heavy atom. The van der Waals surface area contributed by atoms with E-state index >= 15 is 0 Å². The van der Waals surface area contributed by atoms with E-state index in [-0.39, 0.29) is 6.61 Å². The summed E-state index contributed by atoms with van der Waals surface area (Å²) in [5.74, 6) is 1.64. The van der Waals surface area contributed by atoms with Crippen LogP contribution in [0.15, 0.2) is 29.5 Å². The van der Waals surface area contributed by atoms with Gasteiger partial charge in [-0.3, -0.25) is 4.99 Å². The van der Waals surface area contributed by atoms with Crippen LogP contribution in [0.2, 0.25) is 10.0 Å². The van der Waals surface area contributed by atoms with E-state index in [1.54, 1.807) is 12.4 Å². The average Bonchev–Trinajstić information content (AvgIpc) is 3.16. The number of benzene rings is 1. The lowest BCUT2D eigenvalue weighted by Crippen LogP contribution is -2.40. The minimum atomic E-state index is 0.00757. The molecule has 2 rings (SSSR count). The van der Waals surface area contributed by atoms with Gasteiger partial charge in [0.05, 0.1) is 26.4 Å². The number of hydrogen-bond donors (Lipinski definition) is 3. The number of nitrogens with one attached hydrogen (secondary N) is 2. The standard InChI is InChI=1S/C19H28Cl2N6O2/c1-2-18-26-25-14-27(18)9-7-23-19(24-8-11-29-12-10-28)22-6-5-15-3-4-16(20)13-17(15)21/h3-4,13-14,28H,2,5-12H2,1H3,(H2,22,23,24). The van der Waals surface area contributed by atoms with Crippen molar-refractivity contribution in [3.63, 3.8) is 0 Å². The van der Waals surface area contributed by atoms with E-state index in [1.165, 1.54) is 0 Å². The third-order valence-electron chi connectivity index (χ3n) is 4.10. The van der Waals surface area contributed by atoms with Crippen molar-refractivity contribution in [3.8, 4) is 0 Å². The van der Waals surface area contributed by atoms with Gasteiger partial charge in [-0.2, -0.15) is 0 Å². The summed E-state index contributed by atoms with van der Waals surface area (Å²) < 4.78 is 7.28. The number of hydrogen-bond acceptors (Lipinski definition) is 5. The molecule has 0 saturated carbocycles. The maximum atomic E-state index is 8.77. The largest absolute Gasteiger partial charge is 0.394 e. The van der Waals surface area contributed by atoms with Crippen molar-refractivity contribution in [2.24, 2.45) is 4.99 Å². The highest BCUT2D eigenvalue weighted by atomic mass is 35.5. The SMILES string of the molecule is CCc1nncn1CCNC(=NCCOCCO)NCCc1ccc(Cl)cc1Cl. The van der Waals surface area contributed by atoms with Gasteiger partial charge in [-0.15, -0.1) is 10.2 Å². The van der Waals surface area contributed by atoms with Gasteiger partial charge in [0.25, 0.3) is 0 Å². The van der Waals surface area contributed by atoms with E-state index in [0.717, 1.165) is 30.8 Å². The Hall–Kier alpha value is -1.87. The first-order valence-electron chi connectivity index (χ1n) is 9.65. The van der Waals surface area contributed by atoms with Gasteiger partial charge in [0.2, 0.25) is 0 Å². The molecule has 0 aliphatic carbocycles. The summed E-state index contributed by atoms with van der Waals surface area (Å²) in [4.78, 5) is 4.52. The number of aliphatic imine (C=N–C) groups is 1. The third kappa shape index (κ3) is 8.57. The van der Waals surface area contributed by atoms with Crippen molar-refractivity contribution in [2.75, 3.05) is 39.5 Å². The van der Waals surface area contributed by atoms with E-state index in [2.05, 4.69) is 32.7 Å². The van der Waals surface area contributed by atoms with Crippen LogP contribution in [-0.4, -0.2) is 65.3 Å². The van der Waals surface area contributed by atoms with Gasteiger partial charge in [0.15, 0.2) is 5.96 Å². The quantitative estimate of drug-likeness (QED) is 0.264. The summed E-state index contributed by atoms with van der Waals surface area (Å²) in [6.07, 6.45) is 3.31. The number of rotatable bonds is 12. The molecule has 1 aromatic heterocycles. The fourth-order valence-electron chi connectivity index (χ4n) is 2.64. The highest BCUT2D eigenvalue weighted by Gasteiger charge is 2.05. The molecule has 3 N–H and O–H groups in total. The van der Waals surface area contributed by atoms with Gasteiger partial charge in [-0.25, -0.2) is 0 Å². The number of aryl methyl sites for hydroxylation is 1. The molecule has 0 radical (unpaired) electrons. The van der Waals surface area contributed by atoms with Crippen molar-refractivity contribution in [2.45, 2.75) is 26.3 Å². The van der Waals surface area contributed by atoms with Crippen LogP contribution in [0.5, 0.6) is 0 Å². The van der Waals surface area contributed by atoms with Gasteiger partial charge in [0.1, 0.15) is 12.2 Å². The Kier molecular flexibility index (Phi) is 10.8. The molecule has 0 amide bonds. The first-order valence-corrected chi connectivity index (χ1v) is 10.4. The average molecular weight is 443 g/mol. The molecule has 0 aliphatic rings. The number of aromatic nitrogens is 3. The van der Waals surface area contributed by atoms with E-state index < -0.39 is 0 Å². The summed E-state index contributed by atoms with van der Waals surface area (Å²) in [5, 5.41) is 24.7. The number of ether oxygens (including phenoxy) is 1. The van der Waals surface area contributed by atoms with E-state index in [1.807, 2.05) is 16.7 Å². The predicted molar refractivity (Wildman–Crippen MR) is 116 cm³/mol. The zero-order valence-electron chi connectivity index (χ0n) is 16.6. The zero-order valence-corrected chi connectivity index (χ0v) is 18.1. The first kappa shape index (κ1) is 23.4. The predicted octanol–water partition coefficient (Wildman–Crippen LogP) is 1.93. The van der Waals surface area contributed by atoms with Crippen molar-refractivity contribution in [3.05, 3.63) is 46.0 Å². The molecule has 0 bridgehead atoms. The fourth-order valence-corrected chi connectivity index (χ4v) is 3.14. The Morgan fingerprint density at radius 1 is 1.24 bits per heavy atom. The molecule has 1 heterocycles. The molecule has 10 heteroatoms. The lowest BCUT2D eigenvalue weighted by Gasteiger charge is -2.14. The number of aliphatic hydroxyl groups excluding tert-OH is 1. The highest BCUT2D eigenvalue weighted by molar-refractivity contribution is 6.35. The second kappa shape index (κ2) is 13.4. The topological polar surface area (TPSA) is 96.6 Å². The van der Waals surface area contributed by atoms with Crippen LogP contribution in [0.4, 0.5) is 0 Å². The summed E-state index contributed by atoms with van der Waals surface area (Å²) in [5.41, 5.74) is 1.02. The fraction of sp³-hybridized carbons (Fsp3) is 0.526. The second-order valence-corrected chi connectivity index (χ2v) is 7.04. The molecule has 8 nitrogen and oxygen atoms in total. The molecule has 0 spiro atoms. The molecule has 1 aromatic carbocycles. The lowest BCUT2D eigenvalue weighted by molar-refractivity contribution is 0.0977. The molecule has 0 saturated heterocycles. The van der Waals surface area contributed by atoms with Crippen LogP contribution in [0.25, 0.3) is 0 Å². The maximum Gasteiger partial charge on any atom is 0.191 e. The van der Waals surface area contributed by atoms with Gasteiger partial charge >= 0.3 is 0 Å². The van der Waals surface area contributed by atoms with Gasteiger partial charge in [-0.05, 0) is 24.1 Å². The van der Waals surface area contributed by atoms with E-state index in [4.69, 9.17) is 33.0 Å². The first-order chi connectivity index (χ1) is 14.1. The minimum absolute atomic E-state index is 0.00757. The maximum absolute atomic E-state index is 8.77. The number of nitrogens with zero attached hydrogens (tertiary/aromatic N) is 4. The van der Waals surface area contributed by atoms with Crippen LogP contribution < -0.4 is 10.6 Å². The Bertz CT molecular complexity index is 769. The molecule has 0 atom stereocenters. The second-order valence-electron chi connectivity index (χ2n) is 6.20. The van der Waals surface area contributed by atoms with Crippen molar-refractivity contribution < 1.29 is 9.84 Å². The zero-order chi connectivity index (χ0) is 20.9. The lowest BCUT2D eigenvalue weighted by atomic mass is 10.1. The number of guanidine groups is 1. The van der Waals surface area contributed by atoms with Crippen LogP contribution in [-0.2, 0) is 24.1 Å². The highest BCUT2D eigenvalue weighted by Crippen LogP contribution is 2.20. The third-order valence-corrected chi connectivity index (χ3v) is 4.69. The Balaban J connectivity index is 1.85. The summed E-state index contributed by atoms with van der Waals surface area (Å²) in [6.45, 7) is 5.39. The van der Waals surface area contributed by atoms with Crippen LogP contribution in [0.3, 0.4) is 0 Å². The minimum Gasteiger partial charge on any atom is -0.394 e. The molecule has 0 unspecified atom stereocenters. The molecule has 0 aliphatic heterocycles. The van der Waals surface area contributed by atoms with E-state index in [0.29, 0.717) is 48.9 Å². The molecular weight excluding hydrogens is 415 g/mol. The molecule has 2 aromatic rings. The van der Waals surface area contributed by atoms with E-state index in [9.17, 15) is 0 Å². The van der Waals surface area contributed by atoms with Crippen molar-refractivity contribution >= 4 is 29.2 Å². The Labute approximate surface area is 181 Å². The van der Waals surface area contributed by atoms with Crippen molar-refractivity contribution in [1.29, 1.82) is 0 Å². The van der Waals surface area contributed by atoms with Crippen molar-refractivity contribution in [1.82, 2.24) is 25.4 Å². The Morgan fingerprint density at radius 3 is 2.83 bits per heavy atom. The molecule has 29 heavy (non-hydrogen) atoms. The van der Waals surface area contributed by atoms with Crippen LogP contribution in [0.1, 0.15) is 18.3 Å². The molecular formula is C19H28Cl2N6O2. The normalized spacial score (nSPS) is 11.7. The summed E-state index contributed by atoms with van der Waals surface area (Å²) >= 11 is 12.2. The summed E-state index contributed by atoms with van der Waals surface area (Å²) in [6, 6.07) is 5.51. The smallest absolute Gasteiger partial charge is 0.191 e. The monoisotopic (exact) mass is 442 g/mol. The molecule has 160 valence electrons. The van der Waals surface area contributed by atoms with Gasteiger partial charge in [0, 0.05) is 36.1 Å². The molecule has 0 fully saturated rings.